The SMILES string of the molecule is Cn1cc(CN2CCC[C@H]2C(=O)Nc2cccc(-c3cccc(Cl)c3)c2)cn1. The molecule has 144 valence electrons. The van der Waals surface area contributed by atoms with Gasteiger partial charge in [-0.15, -0.1) is 0 Å². The first kappa shape index (κ1) is 18.7. The second kappa shape index (κ2) is 8.17. The van der Waals surface area contributed by atoms with Crippen LogP contribution in [0, 0.1) is 0 Å². The zero-order chi connectivity index (χ0) is 19.5. The van der Waals surface area contributed by atoms with Crippen LogP contribution in [-0.4, -0.2) is 33.2 Å². The second-order valence-corrected chi connectivity index (χ2v) is 7.67. The Balaban J connectivity index is 1.46. The molecular formula is C22H23ClN4O. The molecular weight excluding hydrogens is 372 g/mol. The van der Waals surface area contributed by atoms with Gasteiger partial charge in [0.05, 0.1) is 12.2 Å². The Morgan fingerprint density at radius 2 is 2.00 bits per heavy atom. The smallest absolute Gasteiger partial charge is 0.241 e. The van der Waals surface area contributed by atoms with Crippen LogP contribution in [0.25, 0.3) is 11.1 Å². The summed E-state index contributed by atoms with van der Waals surface area (Å²) < 4.78 is 1.79. The van der Waals surface area contributed by atoms with Crippen LogP contribution in [0.2, 0.25) is 5.02 Å². The maximum Gasteiger partial charge on any atom is 0.241 e. The van der Waals surface area contributed by atoms with Crippen molar-refractivity contribution in [1.82, 2.24) is 14.7 Å². The zero-order valence-electron chi connectivity index (χ0n) is 15.8. The van der Waals surface area contributed by atoms with Gasteiger partial charge in [0.25, 0.3) is 0 Å². The van der Waals surface area contributed by atoms with Gasteiger partial charge in [-0.05, 0) is 54.8 Å². The second-order valence-electron chi connectivity index (χ2n) is 7.23. The molecule has 0 spiro atoms. The number of hydrogen-bond donors (Lipinski definition) is 1. The number of nitrogens with zero attached hydrogens (tertiary/aromatic N) is 3. The van der Waals surface area contributed by atoms with Gasteiger partial charge in [-0.3, -0.25) is 14.4 Å². The summed E-state index contributed by atoms with van der Waals surface area (Å²) in [6.07, 6.45) is 5.77. The van der Waals surface area contributed by atoms with Crippen molar-refractivity contribution in [3.8, 4) is 11.1 Å². The van der Waals surface area contributed by atoms with Crippen molar-refractivity contribution < 1.29 is 4.79 Å². The van der Waals surface area contributed by atoms with E-state index in [4.69, 9.17) is 11.6 Å². The lowest BCUT2D eigenvalue weighted by atomic mass is 10.1. The monoisotopic (exact) mass is 394 g/mol. The van der Waals surface area contributed by atoms with Crippen molar-refractivity contribution in [2.45, 2.75) is 25.4 Å². The highest BCUT2D eigenvalue weighted by atomic mass is 35.5. The molecule has 1 fully saturated rings. The van der Waals surface area contributed by atoms with Crippen LogP contribution >= 0.6 is 11.6 Å². The number of anilines is 1. The molecule has 0 unspecified atom stereocenters. The van der Waals surface area contributed by atoms with Crippen molar-refractivity contribution in [3.05, 3.63) is 71.5 Å². The van der Waals surface area contributed by atoms with Gasteiger partial charge in [-0.1, -0.05) is 35.9 Å². The van der Waals surface area contributed by atoms with E-state index in [2.05, 4.69) is 15.3 Å². The summed E-state index contributed by atoms with van der Waals surface area (Å²) in [5.74, 6) is 0.0460. The van der Waals surface area contributed by atoms with E-state index in [0.29, 0.717) is 5.02 Å². The normalized spacial score (nSPS) is 17.0. The molecule has 2 heterocycles. The zero-order valence-corrected chi connectivity index (χ0v) is 16.6. The Hall–Kier alpha value is -2.63. The number of amides is 1. The fourth-order valence-electron chi connectivity index (χ4n) is 3.77. The highest BCUT2D eigenvalue weighted by Crippen LogP contribution is 2.26. The van der Waals surface area contributed by atoms with Crippen LogP contribution in [0.3, 0.4) is 0 Å². The van der Waals surface area contributed by atoms with E-state index >= 15 is 0 Å². The number of benzene rings is 2. The van der Waals surface area contributed by atoms with Crippen molar-refractivity contribution in [2.24, 2.45) is 7.05 Å². The number of rotatable bonds is 5. The lowest BCUT2D eigenvalue weighted by Gasteiger charge is -2.23. The van der Waals surface area contributed by atoms with Gasteiger partial charge in [-0.2, -0.15) is 5.10 Å². The molecule has 0 aliphatic carbocycles. The molecule has 0 radical (unpaired) electrons. The maximum absolute atomic E-state index is 12.9. The van der Waals surface area contributed by atoms with Gasteiger partial charge in [0.15, 0.2) is 0 Å². The molecule has 2 aromatic carbocycles. The summed E-state index contributed by atoms with van der Waals surface area (Å²) in [6.45, 7) is 1.67. The largest absolute Gasteiger partial charge is 0.325 e. The Kier molecular flexibility index (Phi) is 5.46. The molecule has 4 rings (SSSR count). The van der Waals surface area contributed by atoms with Crippen LogP contribution < -0.4 is 5.32 Å². The van der Waals surface area contributed by atoms with Crippen molar-refractivity contribution in [2.75, 3.05) is 11.9 Å². The molecule has 3 aromatic rings. The van der Waals surface area contributed by atoms with Crippen LogP contribution in [-0.2, 0) is 18.4 Å². The molecule has 1 N–H and O–H groups in total. The number of likely N-dealkylation sites (tertiary alicyclic amines) is 1. The number of carbonyl (C=O) groups is 1. The van der Waals surface area contributed by atoms with Crippen molar-refractivity contribution in [1.29, 1.82) is 0 Å². The molecule has 1 aliphatic heterocycles. The average Bonchev–Trinajstić information content (AvgIpc) is 3.31. The lowest BCUT2D eigenvalue weighted by molar-refractivity contribution is -0.120. The number of hydrogen-bond acceptors (Lipinski definition) is 3. The molecule has 5 nitrogen and oxygen atoms in total. The number of aromatic nitrogens is 2. The Labute approximate surface area is 169 Å². The van der Waals surface area contributed by atoms with Gasteiger partial charge in [0.1, 0.15) is 0 Å². The molecule has 1 amide bonds. The minimum Gasteiger partial charge on any atom is -0.325 e. The Bertz CT molecular complexity index is 984. The van der Waals surface area contributed by atoms with E-state index in [1.807, 2.05) is 68.0 Å². The minimum atomic E-state index is -0.116. The number of carbonyl (C=O) groups excluding carboxylic acids is 1. The van der Waals surface area contributed by atoms with Gasteiger partial charge in [0.2, 0.25) is 5.91 Å². The van der Waals surface area contributed by atoms with Crippen LogP contribution in [0.4, 0.5) is 5.69 Å². The van der Waals surface area contributed by atoms with E-state index in [0.717, 1.165) is 48.3 Å². The van der Waals surface area contributed by atoms with E-state index in [1.165, 1.54) is 0 Å². The summed E-state index contributed by atoms with van der Waals surface area (Å²) in [5.41, 5.74) is 3.99. The Morgan fingerprint density at radius 1 is 1.21 bits per heavy atom. The molecule has 0 bridgehead atoms. The maximum atomic E-state index is 12.9. The highest BCUT2D eigenvalue weighted by Gasteiger charge is 2.30. The fraction of sp³-hybridized carbons (Fsp3) is 0.273. The molecule has 28 heavy (non-hydrogen) atoms. The summed E-state index contributed by atoms with van der Waals surface area (Å²) in [5, 5.41) is 8.01. The van der Waals surface area contributed by atoms with Gasteiger partial charge in [-0.25, -0.2) is 0 Å². The predicted octanol–water partition coefficient (Wildman–Crippen LogP) is 4.34. The molecule has 1 aromatic heterocycles. The highest BCUT2D eigenvalue weighted by molar-refractivity contribution is 6.30. The fourth-order valence-corrected chi connectivity index (χ4v) is 3.96. The number of aryl methyl sites for hydroxylation is 1. The van der Waals surface area contributed by atoms with E-state index in [1.54, 1.807) is 4.68 Å². The third kappa shape index (κ3) is 4.26. The van der Waals surface area contributed by atoms with E-state index in [9.17, 15) is 4.79 Å². The standard InChI is InChI=1S/C22H23ClN4O/c1-26-14-16(13-24-26)15-27-10-4-9-21(27)22(28)25-20-8-3-6-18(12-20)17-5-2-7-19(23)11-17/h2-3,5-8,11-14,21H,4,9-10,15H2,1H3,(H,25,28)/t21-/m0/s1. The van der Waals surface area contributed by atoms with Gasteiger partial charge in [0, 0.05) is 36.1 Å². The summed E-state index contributed by atoms with van der Waals surface area (Å²) >= 11 is 6.11. The predicted molar refractivity (Wildman–Crippen MR) is 112 cm³/mol. The van der Waals surface area contributed by atoms with Crippen molar-refractivity contribution >= 4 is 23.2 Å². The topological polar surface area (TPSA) is 50.2 Å². The lowest BCUT2D eigenvalue weighted by Crippen LogP contribution is -2.39. The summed E-state index contributed by atoms with van der Waals surface area (Å²) in [4.78, 5) is 15.2. The molecule has 1 aliphatic rings. The minimum absolute atomic E-state index is 0.0460. The number of nitrogens with one attached hydrogen (secondary N) is 1. The average molecular weight is 395 g/mol. The molecule has 0 saturated carbocycles. The first-order valence-electron chi connectivity index (χ1n) is 9.47. The van der Waals surface area contributed by atoms with Crippen LogP contribution in [0.1, 0.15) is 18.4 Å². The van der Waals surface area contributed by atoms with E-state index < -0.39 is 0 Å². The first-order valence-corrected chi connectivity index (χ1v) is 9.85. The van der Waals surface area contributed by atoms with Gasteiger partial charge < -0.3 is 5.32 Å². The van der Waals surface area contributed by atoms with Gasteiger partial charge >= 0.3 is 0 Å². The number of halogens is 1. The summed E-state index contributed by atoms with van der Waals surface area (Å²) in [6, 6.07) is 15.5. The Morgan fingerprint density at radius 3 is 2.75 bits per heavy atom. The summed E-state index contributed by atoms with van der Waals surface area (Å²) in [7, 11) is 1.91. The molecule has 1 saturated heterocycles. The molecule has 1 atom stereocenters. The third-order valence-corrected chi connectivity index (χ3v) is 5.33. The quantitative estimate of drug-likeness (QED) is 0.700. The van der Waals surface area contributed by atoms with E-state index in [-0.39, 0.29) is 11.9 Å². The third-order valence-electron chi connectivity index (χ3n) is 5.10. The van der Waals surface area contributed by atoms with Crippen LogP contribution in [0.15, 0.2) is 60.9 Å². The van der Waals surface area contributed by atoms with Crippen molar-refractivity contribution in [3.63, 3.8) is 0 Å². The first-order chi connectivity index (χ1) is 13.6. The molecule has 6 heteroatoms. The van der Waals surface area contributed by atoms with Crippen LogP contribution in [0.5, 0.6) is 0 Å².